The Kier molecular flexibility index (Phi) is 4.44. The molecule has 0 saturated heterocycles. The van der Waals surface area contributed by atoms with E-state index in [9.17, 15) is 4.79 Å². The Bertz CT molecular complexity index is 382. The summed E-state index contributed by atoms with van der Waals surface area (Å²) in [7, 11) is 1.51. The summed E-state index contributed by atoms with van der Waals surface area (Å²) in [4.78, 5) is 11.8. The molecule has 1 N–H and O–H groups in total. The van der Waals surface area contributed by atoms with Gasteiger partial charge in [-0.3, -0.25) is 4.79 Å². The van der Waals surface area contributed by atoms with Crippen LogP contribution in [0, 0.1) is 0 Å². The average Bonchev–Trinajstić information content (AvgIpc) is 2.15. The van der Waals surface area contributed by atoms with Crippen LogP contribution in [0.5, 0.6) is 5.75 Å². The van der Waals surface area contributed by atoms with Crippen LogP contribution in [0.4, 0.5) is 0 Å². The summed E-state index contributed by atoms with van der Waals surface area (Å²) in [6.45, 7) is 3.73. The highest BCUT2D eigenvalue weighted by Gasteiger charge is 2.16. The Labute approximate surface area is 105 Å². The molecule has 0 bridgehead atoms. The number of hydrogen-bond acceptors (Lipinski definition) is 2. The van der Waals surface area contributed by atoms with Crippen molar-refractivity contribution in [1.82, 2.24) is 5.32 Å². The van der Waals surface area contributed by atoms with E-state index < -0.39 is 0 Å². The van der Waals surface area contributed by atoms with Crippen LogP contribution in [0.2, 0.25) is 10.0 Å². The number of rotatable bonds is 3. The third-order valence-corrected chi connectivity index (χ3v) is 2.49. The number of hydrogen-bond donors (Lipinski definition) is 1. The Morgan fingerprint density at radius 2 is 1.81 bits per heavy atom. The molecular formula is C11H13Cl2NO2. The number of carbonyl (C=O) groups excluding carboxylic acids is 1. The minimum atomic E-state index is -0.285. The Morgan fingerprint density at radius 1 is 1.31 bits per heavy atom. The van der Waals surface area contributed by atoms with Gasteiger partial charge in [-0.15, -0.1) is 0 Å². The van der Waals surface area contributed by atoms with Crippen LogP contribution in [0.3, 0.4) is 0 Å². The molecule has 1 rings (SSSR count). The molecule has 0 heterocycles. The van der Waals surface area contributed by atoms with Gasteiger partial charge in [-0.2, -0.15) is 0 Å². The molecule has 0 unspecified atom stereocenters. The first-order valence-electron chi connectivity index (χ1n) is 4.79. The third-order valence-electron chi connectivity index (χ3n) is 1.90. The van der Waals surface area contributed by atoms with Gasteiger partial charge in [0.2, 0.25) is 0 Å². The highest BCUT2D eigenvalue weighted by Crippen LogP contribution is 2.30. The highest BCUT2D eigenvalue weighted by atomic mass is 35.5. The summed E-state index contributed by atoms with van der Waals surface area (Å²) in [5.74, 6) is 0.240. The summed E-state index contributed by atoms with van der Waals surface area (Å²) in [6.07, 6.45) is 0. The standard InChI is InChI=1S/C11H13Cl2NO2/c1-6(2)14-11(15)10-8(12)4-7(16-3)5-9(10)13/h4-6H,1-3H3,(H,14,15). The van der Waals surface area contributed by atoms with Crippen LogP contribution >= 0.6 is 23.2 Å². The fourth-order valence-corrected chi connectivity index (χ4v) is 1.86. The lowest BCUT2D eigenvalue weighted by Gasteiger charge is -2.12. The minimum Gasteiger partial charge on any atom is -0.497 e. The van der Waals surface area contributed by atoms with Crippen molar-refractivity contribution >= 4 is 29.1 Å². The molecule has 0 aliphatic rings. The zero-order valence-electron chi connectivity index (χ0n) is 9.30. The number of ether oxygens (including phenoxy) is 1. The summed E-state index contributed by atoms with van der Waals surface area (Å²) in [6, 6.07) is 3.15. The van der Waals surface area contributed by atoms with Crippen molar-refractivity contribution in [1.29, 1.82) is 0 Å². The summed E-state index contributed by atoms with van der Waals surface area (Å²) in [5.41, 5.74) is 0.276. The van der Waals surface area contributed by atoms with Crippen LogP contribution in [-0.4, -0.2) is 19.1 Å². The lowest BCUT2D eigenvalue weighted by atomic mass is 10.2. The molecular weight excluding hydrogens is 249 g/mol. The van der Waals surface area contributed by atoms with Crippen molar-refractivity contribution in [3.63, 3.8) is 0 Å². The van der Waals surface area contributed by atoms with E-state index in [0.717, 1.165) is 0 Å². The number of benzene rings is 1. The first-order valence-corrected chi connectivity index (χ1v) is 5.55. The number of amides is 1. The lowest BCUT2D eigenvalue weighted by Crippen LogP contribution is -2.30. The van der Waals surface area contributed by atoms with Crippen LogP contribution < -0.4 is 10.1 Å². The first-order chi connectivity index (χ1) is 7.45. The lowest BCUT2D eigenvalue weighted by molar-refractivity contribution is 0.0943. The van der Waals surface area contributed by atoms with Crippen molar-refractivity contribution < 1.29 is 9.53 Å². The Balaban J connectivity index is 3.09. The average molecular weight is 262 g/mol. The van der Waals surface area contributed by atoms with Gasteiger partial charge in [0.25, 0.3) is 5.91 Å². The summed E-state index contributed by atoms with van der Waals surface area (Å²) >= 11 is 11.9. The van der Waals surface area contributed by atoms with E-state index >= 15 is 0 Å². The van der Waals surface area contributed by atoms with Gasteiger partial charge < -0.3 is 10.1 Å². The van der Waals surface area contributed by atoms with Gasteiger partial charge in [-0.25, -0.2) is 0 Å². The molecule has 0 atom stereocenters. The number of nitrogens with one attached hydrogen (secondary N) is 1. The van der Waals surface area contributed by atoms with E-state index in [2.05, 4.69) is 5.32 Å². The Morgan fingerprint density at radius 3 is 2.19 bits per heavy atom. The molecule has 1 amide bonds. The zero-order chi connectivity index (χ0) is 12.3. The van der Waals surface area contributed by atoms with E-state index in [0.29, 0.717) is 5.75 Å². The van der Waals surface area contributed by atoms with Gasteiger partial charge in [0, 0.05) is 6.04 Å². The topological polar surface area (TPSA) is 38.3 Å². The predicted molar refractivity (Wildman–Crippen MR) is 65.6 cm³/mol. The second kappa shape index (κ2) is 5.41. The zero-order valence-corrected chi connectivity index (χ0v) is 10.8. The Hall–Kier alpha value is -0.930. The molecule has 88 valence electrons. The maximum Gasteiger partial charge on any atom is 0.254 e. The first kappa shape index (κ1) is 13.1. The molecule has 0 aliphatic carbocycles. The van der Waals surface area contributed by atoms with Gasteiger partial charge in [-0.1, -0.05) is 23.2 Å². The van der Waals surface area contributed by atoms with Gasteiger partial charge in [0.15, 0.2) is 0 Å². The van der Waals surface area contributed by atoms with E-state index in [4.69, 9.17) is 27.9 Å². The summed E-state index contributed by atoms with van der Waals surface area (Å²) in [5, 5.41) is 3.29. The van der Waals surface area contributed by atoms with E-state index in [1.54, 1.807) is 12.1 Å². The van der Waals surface area contributed by atoms with E-state index in [1.165, 1.54) is 7.11 Å². The van der Waals surface area contributed by atoms with Crippen LogP contribution in [-0.2, 0) is 0 Å². The van der Waals surface area contributed by atoms with Gasteiger partial charge in [0.05, 0.1) is 22.7 Å². The molecule has 0 fully saturated rings. The molecule has 1 aromatic carbocycles. The third kappa shape index (κ3) is 3.03. The second-order valence-corrected chi connectivity index (χ2v) is 4.41. The number of carbonyl (C=O) groups is 1. The molecule has 0 saturated carbocycles. The van der Waals surface area contributed by atoms with Crippen molar-refractivity contribution in [2.24, 2.45) is 0 Å². The van der Waals surface area contributed by atoms with Gasteiger partial charge in [-0.05, 0) is 26.0 Å². The quantitative estimate of drug-likeness (QED) is 0.908. The van der Waals surface area contributed by atoms with Crippen molar-refractivity contribution in [3.8, 4) is 5.75 Å². The van der Waals surface area contributed by atoms with Crippen molar-refractivity contribution in [2.45, 2.75) is 19.9 Å². The number of halogens is 2. The largest absolute Gasteiger partial charge is 0.497 e. The molecule has 0 aliphatic heterocycles. The number of methoxy groups -OCH3 is 1. The molecule has 1 aromatic rings. The van der Waals surface area contributed by atoms with Gasteiger partial charge >= 0.3 is 0 Å². The predicted octanol–water partition coefficient (Wildman–Crippen LogP) is 3.14. The van der Waals surface area contributed by atoms with Crippen LogP contribution in [0.1, 0.15) is 24.2 Å². The van der Waals surface area contributed by atoms with Crippen molar-refractivity contribution in [3.05, 3.63) is 27.7 Å². The molecule has 0 radical (unpaired) electrons. The van der Waals surface area contributed by atoms with Crippen LogP contribution in [0.25, 0.3) is 0 Å². The molecule has 0 spiro atoms. The molecule has 0 aromatic heterocycles. The van der Waals surface area contributed by atoms with E-state index in [-0.39, 0.29) is 27.6 Å². The second-order valence-electron chi connectivity index (χ2n) is 3.59. The van der Waals surface area contributed by atoms with Crippen LogP contribution in [0.15, 0.2) is 12.1 Å². The molecule has 3 nitrogen and oxygen atoms in total. The SMILES string of the molecule is COc1cc(Cl)c(C(=O)NC(C)C)c(Cl)c1. The fourth-order valence-electron chi connectivity index (χ4n) is 1.22. The summed E-state index contributed by atoms with van der Waals surface area (Å²) < 4.78 is 4.99. The van der Waals surface area contributed by atoms with Gasteiger partial charge in [0.1, 0.15) is 5.75 Å². The highest BCUT2D eigenvalue weighted by molar-refractivity contribution is 6.39. The fraction of sp³-hybridized carbons (Fsp3) is 0.364. The van der Waals surface area contributed by atoms with E-state index in [1.807, 2.05) is 13.8 Å². The minimum absolute atomic E-state index is 0.0294. The monoisotopic (exact) mass is 261 g/mol. The molecule has 16 heavy (non-hydrogen) atoms. The van der Waals surface area contributed by atoms with Crippen molar-refractivity contribution in [2.75, 3.05) is 7.11 Å². The maximum absolute atomic E-state index is 11.8. The smallest absolute Gasteiger partial charge is 0.254 e. The normalized spacial score (nSPS) is 10.4. The molecule has 5 heteroatoms. The maximum atomic E-state index is 11.8.